The maximum atomic E-state index is 3.93. The number of hydrogen-bond acceptors (Lipinski definition) is 0. The van der Waals surface area contributed by atoms with E-state index in [4.69, 9.17) is 0 Å². The summed E-state index contributed by atoms with van der Waals surface area (Å²) in [7, 11) is 0. The Labute approximate surface area is 77.4 Å². The summed E-state index contributed by atoms with van der Waals surface area (Å²) in [5, 5.41) is 0. The minimum absolute atomic E-state index is 0.535. The first-order valence-electron chi connectivity index (χ1n) is 4.77. The van der Waals surface area contributed by atoms with Crippen LogP contribution in [0, 0.1) is 18.8 Å². The van der Waals surface area contributed by atoms with Crippen LogP contribution in [0.4, 0.5) is 0 Å². The topological polar surface area (TPSA) is 0 Å². The smallest absolute Gasteiger partial charge is 0.0259 e. The number of allylic oxidation sites excluding steroid dienone is 3. The molecule has 0 aromatic heterocycles. The second-order valence-corrected chi connectivity index (χ2v) is 3.61. The van der Waals surface area contributed by atoms with Gasteiger partial charge in [-0.3, -0.25) is 0 Å². The van der Waals surface area contributed by atoms with Crippen LogP contribution in [0.2, 0.25) is 0 Å². The van der Waals surface area contributed by atoms with Crippen molar-refractivity contribution in [2.24, 2.45) is 11.8 Å². The first-order chi connectivity index (χ1) is 5.66. The molecule has 0 aromatic rings. The molecular weight excluding hydrogens is 144 g/mol. The van der Waals surface area contributed by atoms with Crippen molar-refractivity contribution in [1.82, 2.24) is 0 Å². The lowest BCUT2D eigenvalue weighted by Gasteiger charge is -2.03. The Hall–Kier alpha value is -0.520. The molecule has 12 heavy (non-hydrogen) atoms. The third kappa shape index (κ3) is 7.59. The average Bonchev–Trinajstić information content (AvgIpc) is 2.00. The van der Waals surface area contributed by atoms with Gasteiger partial charge in [0.15, 0.2) is 0 Å². The highest BCUT2D eigenvalue weighted by Gasteiger charge is 1.94. The Bertz CT molecular complexity index is 131. The van der Waals surface area contributed by atoms with E-state index < -0.39 is 0 Å². The molecule has 0 amide bonds. The predicted octanol–water partition coefficient (Wildman–Crippen LogP) is 4.01. The van der Waals surface area contributed by atoms with Crippen molar-refractivity contribution < 1.29 is 0 Å². The molecule has 0 spiro atoms. The summed E-state index contributed by atoms with van der Waals surface area (Å²) in [5.74, 6) is 1.22. The van der Waals surface area contributed by atoms with Gasteiger partial charge in [0.1, 0.15) is 0 Å². The maximum absolute atomic E-state index is 3.93. The molecule has 69 valence electrons. The summed E-state index contributed by atoms with van der Waals surface area (Å²) < 4.78 is 0. The molecule has 0 aliphatic rings. The van der Waals surface area contributed by atoms with Crippen LogP contribution in [0.15, 0.2) is 24.8 Å². The molecule has 2 atom stereocenters. The minimum atomic E-state index is 0.535. The van der Waals surface area contributed by atoms with E-state index in [1.165, 1.54) is 6.42 Å². The van der Waals surface area contributed by atoms with Crippen molar-refractivity contribution in [3.8, 4) is 0 Å². The van der Waals surface area contributed by atoms with Gasteiger partial charge in [0.25, 0.3) is 0 Å². The van der Waals surface area contributed by atoms with Crippen LogP contribution in [0.25, 0.3) is 0 Å². The highest BCUT2D eigenvalue weighted by molar-refractivity contribution is 4.88. The van der Waals surface area contributed by atoms with Crippen molar-refractivity contribution >= 4 is 0 Å². The van der Waals surface area contributed by atoms with E-state index in [2.05, 4.69) is 39.5 Å². The Kier molecular flexibility index (Phi) is 6.84. The van der Waals surface area contributed by atoms with Crippen molar-refractivity contribution in [2.75, 3.05) is 0 Å². The first kappa shape index (κ1) is 11.5. The van der Waals surface area contributed by atoms with E-state index in [0.29, 0.717) is 11.8 Å². The van der Waals surface area contributed by atoms with Gasteiger partial charge in [-0.15, -0.1) is 6.58 Å². The van der Waals surface area contributed by atoms with Gasteiger partial charge in [-0.05, 0) is 31.1 Å². The third-order valence-electron chi connectivity index (χ3n) is 1.83. The van der Waals surface area contributed by atoms with Crippen LogP contribution in [0.3, 0.4) is 0 Å². The third-order valence-corrected chi connectivity index (χ3v) is 1.83. The van der Waals surface area contributed by atoms with Crippen LogP contribution < -0.4 is 0 Å². The number of hydrogen-bond donors (Lipinski definition) is 0. The van der Waals surface area contributed by atoms with Crippen LogP contribution in [0.5, 0.6) is 0 Å². The fourth-order valence-electron chi connectivity index (χ4n) is 1.02. The Morgan fingerprint density at radius 1 is 1.33 bits per heavy atom. The monoisotopic (exact) mass is 165 g/mol. The summed E-state index contributed by atoms with van der Waals surface area (Å²) in [6.45, 7) is 12.0. The molecule has 0 saturated carbocycles. The molecule has 0 nitrogen and oxygen atoms in total. The zero-order chi connectivity index (χ0) is 9.40. The Morgan fingerprint density at radius 2 is 2.00 bits per heavy atom. The SMILES string of the molecule is [CH2]C(C)CC=CC(C)CCC=C. The number of rotatable bonds is 6. The van der Waals surface area contributed by atoms with E-state index in [1.807, 2.05) is 6.08 Å². The average molecular weight is 165 g/mol. The lowest BCUT2D eigenvalue weighted by atomic mass is 10.0. The van der Waals surface area contributed by atoms with Gasteiger partial charge in [-0.1, -0.05) is 39.0 Å². The lowest BCUT2D eigenvalue weighted by Crippen LogP contribution is -1.89. The summed E-state index contributed by atoms with van der Waals surface area (Å²) >= 11 is 0. The minimum Gasteiger partial charge on any atom is -0.103 e. The molecule has 0 bridgehead atoms. The fourth-order valence-corrected chi connectivity index (χ4v) is 1.02. The zero-order valence-corrected chi connectivity index (χ0v) is 8.42. The van der Waals surface area contributed by atoms with Crippen molar-refractivity contribution in [3.63, 3.8) is 0 Å². The summed E-state index contributed by atoms with van der Waals surface area (Å²) in [6.07, 6.45) is 9.93. The van der Waals surface area contributed by atoms with Crippen LogP contribution in [0.1, 0.15) is 33.1 Å². The van der Waals surface area contributed by atoms with Crippen LogP contribution in [-0.4, -0.2) is 0 Å². The van der Waals surface area contributed by atoms with Gasteiger partial charge in [-0.25, -0.2) is 0 Å². The molecule has 0 N–H and O–H groups in total. The van der Waals surface area contributed by atoms with Crippen molar-refractivity contribution in [1.29, 1.82) is 0 Å². The first-order valence-corrected chi connectivity index (χ1v) is 4.77. The van der Waals surface area contributed by atoms with Gasteiger partial charge < -0.3 is 0 Å². The van der Waals surface area contributed by atoms with Gasteiger partial charge in [0, 0.05) is 0 Å². The standard InChI is InChI=1S/C12H21/c1-5-6-9-12(4)10-7-8-11(2)3/h5,7,10-12H,1-2,6,8-9H2,3-4H3. The van der Waals surface area contributed by atoms with Crippen molar-refractivity contribution in [3.05, 3.63) is 31.7 Å². The van der Waals surface area contributed by atoms with E-state index in [0.717, 1.165) is 12.8 Å². The van der Waals surface area contributed by atoms with Crippen molar-refractivity contribution in [2.45, 2.75) is 33.1 Å². The highest BCUT2D eigenvalue weighted by Crippen LogP contribution is 2.09. The van der Waals surface area contributed by atoms with Crippen LogP contribution in [-0.2, 0) is 0 Å². The Balaban J connectivity index is 3.45. The van der Waals surface area contributed by atoms with Crippen LogP contribution >= 0.6 is 0 Å². The highest BCUT2D eigenvalue weighted by atomic mass is 14.0. The summed E-state index contributed by atoms with van der Waals surface area (Å²) in [4.78, 5) is 0. The summed E-state index contributed by atoms with van der Waals surface area (Å²) in [6, 6.07) is 0. The van der Waals surface area contributed by atoms with Gasteiger partial charge >= 0.3 is 0 Å². The zero-order valence-electron chi connectivity index (χ0n) is 8.42. The lowest BCUT2D eigenvalue weighted by molar-refractivity contribution is 0.649. The molecular formula is C12H21. The maximum Gasteiger partial charge on any atom is -0.0259 e. The van der Waals surface area contributed by atoms with Gasteiger partial charge in [-0.2, -0.15) is 0 Å². The molecule has 0 fully saturated rings. The largest absolute Gasteiger partial charge is 0.103 e. The van der Waals surface area contributed by atoms with E-state index in [-0.39, 0.29) is 0 Å². The molecule has 0 aliphatic carbocycles. The summed E-state index contributed by atoms with van der Waals surface area (Å²) in [5.41, 5.74) is 0. The van der Waals surface area contributed by atoms with E-state index >= 15 is 0 Å². The molecule has 0 rings (SSSR count). The second kappa shape index (κ2) is 7.15. The van der Waals surface area contributed by atoms with Gasteiger partial charge in [0.2, 0.25) is 0 Å². The van der Waals surface area contributed by atoms with E-state index in [1.54, 1.807) is 0 Å². The quantitative estimate of drug-likeness (QED) is 0.522. The van der Waals surface area contributed by atoms with E-state index in [9.17, 15) is 0 Å². The second-order valence-electron chi connectivity index (χ2n) is 3.61. The predicted molar refractivity (Wildman–Crippen MR) is 56.9 cm³/mol. The molecule has 0 heterocycles. The molecule has 0 aliphatic heterocycles. The van der Waals surface area contributed by atoms with Gasteiger partial charge in [0.05, 0.1) is 0 Å². The fraction of sp³-hybridized carbons (Fsp3) is 0.583. The molecule has 0 heteroatoms. The Morgan fingerprint density at radius 3 is 2.50 bits per heavy atom. The molecule has 0 aromatic carbocycles. The normalized spacial score (nSPS) is 14.0. The molecule has 0 saturated heterocycles. The molecule has 1 radical (unpaired) electrons. The molecule has 2 unspecified atom stereocenters.